The molecule has 5 nitrogen and oxygen atoms in total. The van der Waals surface area contributed by atoms with Gasteiger partial charge >= 0.3 is 0 Å². The van der Waals surface area contributed by atoms with Crippen LogP contribution < -0.4 is 5.56 Å². The summed E-state index contributed by atoms with van der Waals surface area (Å²) in [4.78, 5) is 21.8. The quantitative estimate of drug-likeness (QED) is 0.771. The Kier molecular flexibility index (Phi) is 4.11. The second kappa shape index (κ2) is 6.43. The monoisotopic (exact) mass is 335 g/mol. The molecule has 1 aliphatic heterocycles. The number of benzene rings is 2. The van der Waals surface area contributed by atoms with Crippen molar-refractivity contribution in [1.29, 1.82) is 0 Å². The molecule has 5 heteroatoms. The highest BCUT2D eigenvalue weighted by molar-refractivity contribution is 5.77. The molecule has 4 rings (SSSR count). The Bertz CT molecular complexity index is 928. The highest BCUT2D eigenvalue weighted by Crippen LogP contribution is 2.32. The summed E-state index contributed by atoms with van der Waals surface area (Å²) >= 11 is 0. The molecule has 128 valence electrons. The zero-order valence-corrected chi connectivity index (χ0v) is 14.0. The van der Waals surface area contributed by atoms with Crippen LogP contribution in [-0.4, -0.2) is 33.1 Å². The summed E-state index contributed by atoms with van der Waals surface area (Å²) in [6.07, 6.45) is 1.35. The van der Waals surface area contributed by atoms with Gasteiger partial charge in [0.25, 0.3) is 5.56 Å². The lowest BCUT2D eigenvalue weighted by Gasteiger charge is -2.38. The van der Waals surface area contributed by atoms with E-state index in [0.717, 1.165) is 24.2 Å². The molecule has 2 aromatic carbocycles. The van der Waals surface area contributed by atoms with Crippen LogP contribution in [0.5, 0.6) is 0 Å². The van der Waals surface area contributed by atoms with E-state index < -0.39 is 5.60 Å². The van der Waals surface area contributed by atoms with Crippen molar-refractivity contribution in [2.45, 2.75) is 25.0 Å². The van der Waals surface area contributed by atoms with Gasteiger partial charge in [0.1, 0.15) is 5.82 Å². The van der Waals surface area contributed by atoms with Crippen molar-refractivity contribution in [2.24, 2.45) is 0 Å². The van der Waals surface area contributed by atoms with Gasteiger partial charge in [0.05, 0.1) is 23.0 Å². The molecular formula is C20H21N3O2. The molecule has 0 radical (unpaired) electrons. The van der Waals surface area contributed by atoms with Crippen LogP contribution in [0.2, 0.25) is 0 Å². The van der Waals surface area contributed by atoms with Crippen LogP contribution >= 0.6 is 0 Å². The number of aliphatic hydroxyl groups is 1. The first kappa shape index (κ1) is 16.0. The number of H-pyrrole nitrogens is 1. The molecule has 1 saturated heterocycles. The lowest BCUT2D eigenvalue weighted by molar-refractivity contribution is -0.0282. The van der Waals surface area contributed by atoms with E-state index in [-0.39, 0.29) is 5.56 Å². The minimum Gasteiger partial charge on any atom is -0.385 e. The van der Waals surface area contributed by atoms with Gasteiger partial charge in [0.15, 0.2) is 0 Å². The van der Waals surface area contributed by atoms with Gasteiger partial charge in [-0.2, -0.15) is 0 Å². The molecule has 0 spiro atoms. The Labute approximate surface area is 146 Å². The summed E-state index contributed by atoms with van der Waals surface area (Å²) in [5, 5.41) is 11.5. The maximum Gasteiger partial charge on any atom is 0.258 e. The number of piperidine rings is 1. The van der Waals surface area contributed by atoms with Crippen LogP contribution in [0, 0.1) is 0 Å². The first-order valence-corrected chi connectivity index (χ1v) is 8.62. The van der Waals surface area contributed by atoms with Gasteiger partial charge in [0.2, 0.25) is 0 Å². The molecular weight excluding hydrogens is 314 g/mol. The van der Waals surface area contributed by atoms with Crippen LogP contribution in [0.4, 0.5) is 0 Å². The third-order valence-electron chi connectivity index (χ3n) is 5.03. The zero-order chi connectivity index (χ0) is 17.3. The number of hydrogen-bond donors (Lipinski definition) is 2. The molecule has 25 heavy (non-hydrogen) atoms. The number of para-hydroxylation sites is 1. The summed E-state index contributed by atoms with van der Waals surface area (Å²) in [6, 6.07) is 17.2. The molecule has 1 fully saturated rings. The number of fused-ring (bicyclic) bond motifs is 1. The molecule has 1 aromatic heterocycles. The molecule has 0 bridgehead atoms. The standard InChI is InChI=1S/C20H21N3O2/c24-19-16-8-4-5-9-17(16)21-18(22-19)14-23-12-10-20(25,11-13-23)15-6-2-1-3-7-15/h1-9,25H,10-14H2,(H,21,22,24). The van der Waals surface area contributed by atoms with E-state index in [0.29, 0.717) is 30.6 Å². The van der Waals surface area contributed by atoms with E-state index in [1.165, 1.54) is 0 Å². The molecule has 0 aliphatic carbocycles. The van der Waals surface area contributed by atoms with Gasteiger partial charge in [-0.3, -0.25) is 9.69 Å². The van der Waals surface area contributed by atoms with Crippen LogP contribution in [0.25, 0.3) is 10.9 Å². The van der Waals surface area contributed by atoms with Crippen molar-refractivity contribution < 1.29 is 5.11 Å². The number of aromatic nitrogens is 2. The highest BCUT2D eigenvalue weighted by Gasteiger charge is 2.33. The number of aromatic amines is 1. The summed E-state index contributed by atoms with van der Waals surface area (Å²) < 4.78 is 0. The van der Waals surface area contributed by atoms with Gasteiger partial charge in [-0.15, -0.1) is 0 Å². The van der Waals surface area contributed by atoms with Crippen molar-refractivity contribution in [1.82, 2.24) is 14.9 Å². The average molecular weight is 335 g/mol. The van der Waals surface area contributed by atoms with Gasteiger partial charge in [0, 0.05) is 13.1 Å². The van der Waals surface area contributed by atoms with Crippen molar-refractivity contribution in [3.05, 3.63) is 76.3 Å². The van der Waals surface area contributed by atoms with Crippen LogP contribution in [0.1, 0.15) is 24.2 Å². The summed E-state index contributed by atoms with van der Waals surface area (Å²) in [6.45, 7) is 2.12. The summed E-state index contributed by atoms with van der Waals surface area (Å²) in [5.41, 5.74) is 0.839. The molecule has 2 N–H and O–H groups in total. The smallest absolute Gasteiger partial charge is 0.258 e. The number of likely N-dealkylation sites (tertiary alicyclic amines) is 1. The van der Waals surface area contributed by atoms with E-state index in [2.05, 4.69) is 14.9 Å². The second-order valence-corrected chi connectivity index (χ2v) is 6.70. The molecule has 0 unspecified atom stereocenters. The van der Waals surface area contributed by atoms with Crippen molar-refractivity contribution in [3.63, 3.8) is 0 Å². The van der Waals surface area contributed by atoms with Crippen LogP contribution in [-0.2, 0) is 12.1 Å². The second-order valence-electron chi connectivity index (χ2n) is 6.70. The van der Waals surface area contributed by atoms with Gasteiger partial charge in [-0.25, -0.2) is 4.98 Å². The first-order valence-electron chi connectivity index (χ1n) is 8.62. The molecule has 0 atom stereocenters. The summed E-state index contributed by atoms with van der Waals surface area (Å²) in [5.74, 6) is 0.675. The minimum atomic E-state index is -0.762. The number of nitrogens with zero attached hydrogens (tertiary/aromatic N) is 2. The Balaban J connectivity index is 1.48. The lowest BCUT2D eigenvalue weighted by Crippen LogP contribution is -2.42. The zero-order valence-electron chi connectivity index (χ0n) is 14.0. The predicted molar refractivity (Wildman–Crippen MR) is 97.2 cm³/mol. The molecule has 3 aromatic rings. The lowest BCUT2D eigenvalue weighted by atomic mass is 9.84. The summed E-state index contributed by atoms with van der Waals surface area (Å²) in [7, 11) is 0. The van der Waals surface area contributed by atoms with Crippen molar-refractivity contribution >= 4 is 10.9 Å². The van der Waals surface area contributed by atoms with Gasteiger partial charge in [-0.05, 0) is 30.5 Å². The Morgan fingerprint density at radius 1 is 1.04 bits per heavy atom. The molecule has 1 aliphatic rings. The maximum absolute atomic E-state index is 12.2. The van der Waals surface area contributed by atoms with Gasteiger partial charge in [-0.1, -0.05) is 42.5 Å². The third kappa shape index (κ3) is 3.21. The van der Waals surface area contributed by atoms with E-state index in [1.54, 1.807) is 6.07 Å². The predicted octanol–water partition coefficient (Wildman–Crippen LogP) is 2.41. The fourth-order valence-electron chi connectivity index (χ4n) is 3.54. The Morgan fingerprint density at radius 2 is 1.72 bits per heavy atom. The SMILES string of the molecule is O=c1[nH]c(CN2CCC(O)(c3ccccc3)CC2)nc2ccccc12. The minimum absolute atomic E-state index is 0.0987. The van der Waals surface area contributed by atoms with E-state index in [9.17, 15) is 9.90 Å². The highest BCUT2D eigenvalue weighted by atomic mass is 16.3. The normalized spacial score (nSPS) is 17.6. The Hall–Kier alpha value is -2.50. The van der Waals surface area contributed by atoms with Crippen molar-refractivity contribution in [3.8, 4) is 0 Å². The largest absolute Gasteiger partial charge is 0.385 e. The van der Waals surface area contributed by atoms with Crippen LogP contribution in [0.3, 0.4) is 0 Å². The third-order valence-corrected chi connectivity index (χ3v) is 5.03. The molecule has 2 heterocycles. The van der Waals surface area contributed by atoms with Crippen molar-refractivity contribution in [2.75, 3.05) is 13.1 Å². The van der Waals surface area contributed by atoms with Gasteiger partial charge < -0.3 is 10.1 Å². The number of hydrogen-bond acceptors (Lipinski definition) is 4. The number of nitrogens with one attached hydrogen (secondary N) is 1. The van der Waals surface area contributed by atoms with Crippen LogP contribution in [0.15, 0.2) is 59.4 Å². The average Bonchev–Trinajstić information content (AvgIpc) is 2.65. The topological polar surface area (TPSA) is 69.2 Å². The van der Waals surface area contributed by atoms with E-state index in [1.807, 2.05) is 48.5 Å². The maximum atomic E-state index is 12.2. The first-order chi connectivity index (χ1) is 12.1. The van der Waals surface area contributed by atoms with E-state index in [4.69, 9.17) is 0 Å². The van der Waals surface area contributed by atoms with E-state index >= 15 is 0 Å². The fraction of sp³-hybridized carbons (Fsp3) is 0.300. The molecule has 0 saturated carbocycles. The fourth-order valence-corrected chi connectivity index (χ4v) is 3.54. The number of rotatable bonds is 3. The molecule has 0 amide bonds. The Morgan fingerprint density at radius 3 is 2.48 bits per heavy atom.